The number of nitrogens with one attached hydrogen (secondary N) is 1. The molecule has 0 fully saturated rings. The lowest BCUT2D eigenvalue weighted by Gasteiger charge is -2.15. The van der Waals surface area contributed by atoms with Gasteiger partial charge in [0.1, 0.15) is 29.0 Å². The lowest BCUT2D eigenvalue weighted by Crippen LogP contribution is -2.01. The van der Waals surface area contributed by atoms with E-state index in [2.05, 4.69) is 16.4 Å². The predicted octanol–water partition coefficient (Wildman–Crippen LogP) is 6.15. The Hall–Kier alpha value is -3.49. The van der Waals surface area contributed by atoms with Crippen LogP contribution in [-0.4, -0.2) is 11.2 Å². The number of hydrogen-bond donors (Lipinski definition) is 1. The van der Waals surface area contributed by atoms with E-state index in [0.717, 1.165) is 38.6 Å². The molecule has 4 nitrogen and oxygen atoms in total. The summed E-state index contributed by atoms with van der Waals surface area (Å²) in [5.74, 6) is 0.836. The van der Waals surface area contributed by atoms with E-state index >= 15 is 0 Å². The van der Waals surface area contributed by atoms with E-state index < -0.39 is 0 Å². The molecule has 29 heavy (non-hydrogen) atoms. The lowest BCUT2D eigenvalue weighted by atomic mass is 10.1. The fourth-order valence-corrected chi connectivity index (χ4v) is 3.68. The first kappa shape index (κ1) is 18.9. The summed E-state index contributed by atoms with van der Waals surface area (Å²) in [5.41, 5.74) is 4.15. The van der Waals surface area contributed by atoms with Crippen LogP contribution in [0.25, 0.3) is 10.9 Å². The summed E-state index contributed by atoms with van der Waals surface area (Å²) in [6.45, 7) is 0.470. The van der Waals surface area contributed by atoms with Crippen molar-refractivity contribution in [1.82, 2.24) is 4.98 Å². The highest BCUT2D eigenvalue weighted by Gasteiger charge is 2.15. The normalized spacial score (nSPS) is 10.5. The van der Waals surface area contributed by atoms with E-state index in [1.54, 1.807) is 0 Å². The number of rotatable bonds is 6. The Morgan fingerprint density at radius 3 is 2.59 bits per heavy atom. The Morgan fingerprint density at radius 1 is 1.00 bits per heavy atom. The number of ether oxygens (including phenoxy) is 1. The second kappa shape index (κ2) is 8.68. The average molecular weight is 398 g/mol. The Balaban J connectivity index is 1.66. The topological polar surface area (TPSA) is 57.9 Å². The fraction of sp³-hybridized carbons (Fsp3) is 0.0833. The summed E-state index contributed by atoms with van der Waals surface area (Å²) in [6, 6.07) is 28.0. The second-order valence-electron chi connectivity index (χ2n) is 6.43. The monoisotopic (exact) mass is 397 g/mol. The van der Waals surface area contributed by atoms with Crippen molar-refractivity contribution in [3.8, 4) is 11.8 Å². The van der Waals surface area contributed by atoms with Crippen LogP contribution in [0.5, 0.6) is 5.75 Å². The van der Waals surface area contributed by atoms with Gasteiger partial charge < -0.3 is 10.1 Å². The number of nitrogens with zero attached hydrogens (tertiary/aromatic N) is 2. The quantitative estimate of drug-likeness (QED) is 0.395. The van der Waals surface area contributed by atoms with Crippen molar-refractivity contribution in [1.29, 1.82) is 5.26 Å². The van der Waals surface area contributed by atoms with Gasteiger partial charge in [0, 0.05) is 11.1 Å². The molecule has 142 valence electrons. The van der Waals surface area contributed by atoms with Crippen molar-refractivity contribution in [3.05, 3.63) is 90.0 Å². The maximum absolute atomic E-state index is 9.77. The van der Waals surface area contributed by atoms with Crippen LogP contribution in [0.2, 0.25) is 0 Å². The molecule has 3 aromatic carbocycles. The van der Waals surface area contributed by atoms with Crippen molar-refractivity contribution >= 4 is 34.0 Å². The first-order valence-electron chi connectivity index (χ1n) is 9.19. The molecule has 0 saturated heterocycles. The Labute approximate surface area is 174 Å². The van der Waals surface area contributed by atoms with Crippen LogP contribution in [0.3, 0.4) is 0 Å². The van der Waals surface area contributed by atoms with Crippen molar-refractivity contribution in [2.45, 2.75) is 11.6 Å². The smallest absolute Gasteiger partial charge is 0.119 e. The van der Waals surface area contributed by atoms with Gasteiger partial charge in [0.05, 0.1) is 11.2 Å². The van der Waals surface area contributed by atoms with Gasteiger partial charge in [0.2, 0.25) is 0 Å². The Kier molecular flexibility index (Phi) is 5.64. The zero-order valence-electron chi connectivity index (χ0n) is 15.9. The van der Waals surface area contributed by atoms with Gasteiger partial charge in [-0.15, -0.1) is 11.8 Å². The summed E-state index contributed by atoms with van der Waals surface area (Å²) < 4.78 is 5.86. The van der Waals surface area contributed by atoms with Crippen LogP contribution in [0.4, 0.5) is 11.4 Å². The predicted molar refractivity (Wildman–Crippen MR) is 119 cm³/mol. The maximum Gasteiger partial charge on any atom is 0.119 e. The minimum absolute atomic E-state index is 0.470. The van der Waals surface area contributed by atoms with Crippen molar-refractivity contribution in [3.63, 3.8) is 0 Å². The molecular weight excluding hydrogens is 378 g/mol. The third-order valence-corrected chi connectivity index (χ3v) is 5.19. The minimum atomic E-state index is 0.470. The number of benzene rings is 3. The van der Waals surface area contributed by atoms with Crippen LogP contribution >= 0.6 is 11.8 Å². The zero-order valence-corrected chi connectivity index (χ0v) is 16.7. The van der Waals surface area contributed by atoms with Gasteiger partial charge in [-0.2, -0.15) is 5.26 Å². The number of nitriles is 1. The van der Waals surface area contributed by atoms with E-state index in [4.69, 9.17) is 4.74 Å². The number of hydrogen-bond acceptors (Lipinski definition) is 5. The number of thioether (sulfide) groups is 1. The van der Waals surface area contributed by atoms with Gasteiger partial charge in [-0.05, 0) is 42.2 Å². The number of para-hydroxylation sites is 2. The number of aromatic nitrogens is 1. The molecule has 0 saturated carbocycles. The molecule has 1 heterocycles. The summed E-state index contributed by atoms with van der Waals surface area (Å²) in [7, 11) is 0. The summed E-state index contributed by atoms with van der Waals surface area (Å²) in [6.07, 6.45) is 1.93. The molecule has 0 bridgehead atoms. The number of fused-ring (bicyclic) bond motifs is 1. The van der Waals surface area contributed by atoms with Gasteiger partial charge in [0.25, 0.3) is 0 Å². The van der Waals surface area contributed by atoms with E-state index in [1.165, 1.54) is 11.8 Å². The standard InChI is InChI=1S/C24H19N3OS/c1-29-24-21(15-25)23(20-12-5-6-13-22(20)27-24)26-18-9-7-8-17(14-18)16-28-19-10-3-2-4-11-19/h2-14H,16H2,1H3,(H,26,27). The molecule has 0 atom stereocenters. The molecule has 0 aliphatic heterocycles. The van der Waals surface area contributed by atoms with Gasteiger partial charge in [-0.1, -0.05) is 48.5 Å². The lowest BCUT2D eigenvalue weighted by molar-refractivity contribution is 0.306. The molecule has 5 heteroatoms. The second-order valence-corrected chi connectivity index (χ2v) is 7.22. The SMILES string of the molecule is CSc1nc2ccccc2c(Nc2cccc(COc3ccccc3)c2)c1C#N. The molecule has 0 amide bonds. The molecule has 1 N–H and O–H groups in total. The van der Waals surface area contributed by atoms with E-state index in [-0.39, 0.29) is 0 Å². The first-order valence-corrected chi connectivity index (χ1v) is 10.4. The molecular formula is C24H19N3OS. The number of anilines is 2. The van der Waals surface area contributed by atoms with Crippen LogP contribution < -0.4 is 10.1 Å². The summed E-state index contributed by atoms with van der Waals surface area (Å²) >= 11 is 1.47. The summed E-state index contributed by atoms with van der Waals surface area (Å²) in [5, 5.41) is 14.9. The number of pyridine rings is 1. The van der Waals surface area contributed by atoms with E-state index in [9.17, 15) is 5.26 Å². The largest absolute Gasteiger partial charge is 0.489 e. The highest BCUT2D eigenvalue weighted by atomic mass is 32.2. The summed E-state index contributed by atoms with van der Waals surface area (Å²) in [4.78, 5) is 4.63. The molecule has 0 radical (unpaired) electrons. The highest BCUT2D eigenvalue weighted by Crippen LogP contribution is 2.34. The third kappa shape index (κ3) is 4.18. The van der Waals surface area contributed by atoms with Crippen molar-refractivity contribution in [2.75, 3.05) is 11.6 Å². The Bertz CT molecular complexity index is 1190. The van der Waals surface area contributed by atoms with Crippen LogP contribution in [0.15, 0.2) is 83.9 Å². The van der Waals surface area contributed by atoms with Crippen LogP contribution in [0.1, 0.15) is 11.1 Å². The minimum Gasteiger partial charge on any atom is -0.489 e. The van der Waals surface area contributed by atoms with Crippen molar-refractivity contribution in [2.24, 2.45) is 0 Å². The molecule has 0 spiro atoms. The average Bonchev–Trinajstić information content (AvgIpc) is 2.78. The molecule has 1 aromatic heterocycles. The molecule has 4 rings (SSSR count). The molecule has 4 aromatic rings. The molecule has 0 aliphatic carbocycles. The van der Waals surface area contributed by atoms with Crippen LogP contribution in [-0.2, 0) is 6.61 Å². The highest BCUT2D eigenvalue weighted by molar-refractivity contribution is 7.98. The van der Waals surface area contributed by atoms with Gasteiger partial charge in [0.15, 0.2) is 0 Å². The molecule has 0 aliphatic rings. The molecule has 0 unspecified atom stereocenters. The van der Waals surface area contributed by atoms with Gasteiger partial charge in [-0.3, -0.25) is 0 Å². The maximum atomic E-state index is 9.77. The zero-order chi connectivity index (χ0) is 20.1. The fourth-order valence-electron chi connectivity index (χ4n) is 3.14. The first-order chi connectivity index (χ1) is 14.3. The van der Waals surface area contributed by atoms with Crippen LogP contribution in [0, 0.1) is 11.3 Å². The van der Waals surface area contributed by atoms with E-state index in [1.807, 2.05) is 85.1 Å². The van der Waals surface area contributed by atoms with Crippen molar-refractivity contribution < 1.29 is 4.74 Å². The third-order valence-electron chi connectivity index (χ3n) is 4.51. The van der Waals surface area contributed by atoms with E-state index in [0.29, 0.717) is 12.2 Å². The van der Waals surface area contributed by atoms with Gasteiger partial charge >= 0.3 is 0 Å². The Morgan fingerprint density at radius 2 is 1.79 bits per heavy atom. The van der Waals surface area contributed by atoms with Gasteiger partial charge in [-0.25, -0.2) is 4.98 Å².